The van der Waals surface area contributed by atoms with Crippen LogP contribution in [-0.2, 0) is 9.53 Å². The van der Waals surface area contributed by atoms with Gasteiger partial charge in [0, 0.05) is 11.5 Å². The number of nitrogens with zero attached hydrogens (tertiary/aromatic N) is 3. The predicted octanol–water partition coefficient (Wildman–Crippen LogP) is 4.93. The number of aliphatic imine (C=N–C) groups is 1. The van der Waals surface area contributed by atoms with Crippen LogP contribution in [-0.4, -0.2) is 40.0 Å². The van der Waals surface area contributed by atoms with Gasteiger partial charge in [0.15, 0.2) is 5.84 Å². The van der Waals surface area contributed by atoms with Gasteiger partial charge in [0.1, 0.15) is 16.6 Å². The summed E-state index contributed by atoms with van der Waals surface area (Å²) in [4.78, 5) is 29.0. The van der Waals surface area contributed by atoms with E-state index < -0.39 is 11.9 Å². The molecular formula is C24H22N4O4S. The zero-order chi connectivity index (χ0) is 22.9. The first-order chi connectivity index (χ1) is 16.0. The second kappa shape index (κ2) is 8.82. The van der Waals surface area contributed by atoms with Gasteiger partial charge in [-0.15, -0.1) is 0 Å². The number of nitrogens with one attached hydrogen (secondary N) is 1. The number of esters is 1. The predicted molar refractivity (Wildman–Crippen MR) is 127 cm³/mol. The summed E-state index contributed by atoms with van der Waals surface area (Å²) in [7, 11) is 1.32. The summed E-state index contributed by atoms with van der Waals surface area (Å²) in [5.41, 5.74) is 1.06. The molecule has 0 atom stereocenters. The molecule has 0 bridgehead atoms. The first-order valence-electron chi connectivity index (χ1n) is 10.8. The van der Waals surface area contributed by atoms with Crippen LogP contribution >= 0.6 is 11.8 Å². The minimum absolute atomic E-state index is 0.0174. The normalized spacial score (nSPS) is 20.0. The van der Waals surface area contributed by atoms with Crippen molar-refractivity contribution >= 4 is 45.8 Å². The number of carbonyl (C=O) groups excluding carboxylic acids is 2. The van der Waals surface area contributed by atoms with Crippen LogP contribution in [0.4, 0.5) is 0 Å². The third kappa shape index (κ3) is 4.04. The van der Waals surface area contributed by atoms with E-state index in [1.807, 2.05) is 0 Å². The van der Waals surface area contributed by atoms with E-state index in [0.717, 1.165) is 17.9 Å². The van der Waals surface area contributed by atoms with Gasteiger partial charge in [0.25, 0.3) is 5.91 Å². The molecule has 0 saturated heterocycles. The summed E-state index contributed by atoms with van der Waals surface area (Å²) in [6.07, 6.45) is 7.26. The minimum atomic E-state index is -0.494. The molecule has 0 spiro atoms. The molecule has 5 rings (SSSR count). The summed E-state index contributed by atoms with van der Waals surface area (Å²) in [5, 5.41) is 16.0. The summed E-state index contributed by atoms with van der Waals surface area (Å²) in [5.74, 6) is 0.222. The fraction of sp³-hybridized carbons (Fsp3) is 0.292. The number of furan rings is 1. The van der Waals surface area contributed by atoms with Crippen molar-refractivity contribution in [1.29, 1.82) is 5.41 Å². The van der Waals surface area contributed by atoms with Crippen LogP contribution in [0.2, 0.25) is 0 Å². The number of carbonyl (C=O) groups is 2. The lowest BCUT2D eigenvalue weighted by atomic mass is 9.90. The molecule has 0 radical (unpaired) electrons. The average molecular weight is 463 g/mol. The van der Waals surface area contributed by atoms with E-state index in [2.05, 4.69) is 10.1 Å². The molecule has 33 heavy (non-hydrogen) atoms. The maximum Gasteiger partial charge on any atom is 0.338 e. The van der Waals surface area contributed by atoms with Crippen LogP contribution < -0.4 is 0 Å². The number of fused-ring (bicyclic) bond motifs is 1. The highest BCUT2D eigenvalue weighted by Gasteiger charge is 2.38. The Morgan fingerprint density at radius 2 is 2.00 bits per heavy atom. The monoisotopic (exact) mass is 462 g/mol. The Balaban J connectivity index is 1.42. The van der Waals surface area contributed by atoms with Crippen molar-refractivity contribution in [2.45, 2.75) is 32.1 Å². The van der Waals surface area contributed by atoms with Crippen molar-refractivity contribution in [3.05, 3.63) is 53.3 Å². The molecule has 1 N–H and O–H groups in total. The zero-order valence-corrected chi connectivity index (χ0v) is 18.9. The number of benzene rings is 1. The number of amidine groups is 2. The fourth-order valence-corrected chi connectivity index (χ4v) is 5.28. The smallest absolute Gasteiger partial charge is 0.338 e. The van der Waals surface area contributed by atoms with Gasteiger partial charge in [-0.25, -0.2) is 4.79 Å². The molecule has 1 aromatic heterocycles. The SMILES string of the molecule is COC(=O)c1ccccc1-c1ccc(C=C2C(=N)N3N=C(C4CCCCC4)SC3=NC2=O)o1. The number of thioether (sulfide) groups is 1. The minimum Gasteiger partial charge on any atom is -0.465 e. The Bertz CT molecular complexity index is 1240. The number of hydrazone groups is 1. The zero-order valence-electron chi connectivity index (χ0n) is 18.0. The molecule has 1 aromatic carbocycles. The molecular weight excluding hydrogens is 440 g/mol. The number of amides is 1. The third-order valence-electron chi connectivity index (χ3n) is 5.94. The first kappa shape index (κ1) is 21.4. The number of ether oxygens (including phenoxy) is 1. The van der Waals surface area contributed by atoms with Crippen molar-refractivity contribution in [3.8, 4) is 11.3 Å². The molecule has 1 fully saturated rings. The Morgan fingerprint density at radius 1 is 1.21 bits per heavy atom. The van der Waals surface area contributed by atoms with Gasteiger partial charge in [-0.3, -0.25) is 10.2 Å². The topological polar surface area (TPSA) is 108 Å². The van der Waals surface area contributed by atoms with Gasteiger partial charge in [0.05, 0.1) is 18.2 Å². The van der Waals surface area contributed by atoms with Gasteiger partial charge in [-0.05, 0) is 48.9 Å². The molecule has 3 heterocycles. The van der Waals surface area contributed by atoms with E-state index in [0.29, 0.717) is 33.7 Å². The molecule has 1 amide bonds. The maximum absolute atomic E-state index is 12.7. The Kier molecular flexibility index (Phi) is 5.72. The van der Waals surface area contributed by atoms with E-state index in [1.165, 1.54) is 49.2 Å². The van der Waals surface area contributed by atoms with Crippen molar-refractivity contribution in [2.24, 2.45) is 16.0 Å². The lowest BCUT2D eigenvalue weighted by molar-refractivity contribution is -0.114. The molecule has 2 aliphatic heterocycles. The summed E-state index contributed by atoms with van der Waals surface area (Å²) in [6, 6.07) is 10.4. The number of hydrogen-bond donors (Lipinski definition) is 1. The molecule has 1 saturated carbocycles. The Morgan fingerprint density at radius 3 is 2.79 bits per heavy atom. The van der Waals surface area contributed by atoms with E-state index >= 15 is 0 Å². The molecule has 8 nitrogen and oxygen atoms in total. The van der Waals surface area contributed by atoms with Gasteiger partial charge in [-0.1, -0.05) is 37.5 Å². The van der Waals surface area contributed by atoms with Gasteiger partial charge in [0.2, 0.25) is 5.17 Å². The second-order valence-electron chi connectivity index (χ2n) is 8.03. The summed E-state index contributed by atoms with van der Waals surface area (Å²) in [6.45, 7) is 0. The van der Waals surface area contributed by atoms with Crippen molar-refractivity contribution in [2.75, 3.05) is 7.11 Å². The Hall–Kier alpha value is -3.46. The molecule has 1 aliphatic carbocycles. The fourth-order valence-electron chi connectivity index (χ4n) is 4.22. The first-order valence-corrected chi connectivity index (χ1v) is 11.6. The highest BCUT2D eigenvalue weighted by molar-refractivity contribution is 8.27. The van der Waals surface area contributed by atoms with Crippen molar-refractivity contribution in [1.82, 2.24) is 5.01 Å². The van der Waals surface area contributed by atoms with Crippen LogP contribution in [0, 0.1) is 11.3 Å². The van der Waals surface area contributed by atoms with Crippen LogP contribution in [0.1, 0.15) is 48.2 Å². The van der Waals surface area contributed by atoms with Gasteiger partial charge < -0.3 is 9.15 Å². The molecule has 9 heteroatoms. The third-order valence-corrected chi connectivity index (χ3v) is 7.01. The van der Waals surface area contributed by atoms with E-state index in [4.69, 9.17) is 14.6 Å². The maximum atomic E-state index is 12.7. The highest BCUT2D eigenvalue weighted by Crippen LogP contribution is 2.36. The lowest BCUT2D eigenvalue weighted by Gasteiger charge is -2.20. The Labute approximate surface area is 194 Å². The molecule has 2 aromatic rings. The van der Waals surface area contributed by atoms with Gasteiger partial charge >= 0.3 is 5.97 Å². The van der Waals surface area contributed by atoms with Gasteiger partial charge in [-0.2, -0.15) is 15.1 Å². The summed E-state index contributed by atoms with van der Waals surface area (Å²) < 4.78 is 10.7. The summed E-state index contributed by atoms with van der Waals surface area (Å²) >= 11 is 1.39. The standard InChI is InChI=1S/C24H22N4O4S/c1-31-23(30)17-10-6-5-9-16(17)19-12-11-15(32-19)13-18-20(25)28-24(26-21(18)29)33-22(27-28)14-7-3-2-4-8-14/h5-6,9-14,25H,2-4,7-8H2,1H3. The van der Waals surface area contributed by atoms with Crippen LogP contribution in [0.25, 0.3) is 17.4 Å². The van der Waals surface area contributed by atoms with E-state index in [1.54, 1.807) is 36.4 Å². The van der Waals surface area contributed by atoms with E-state index in [-0.39, 0.29) is 11.4 Å². The average Bonchev–Trinajstić information content (AvgIpc) is 3.49. The van der Waals surface area contributed by atoms with Crippen LogP contribution in [0.3, 0.4) is 0 Å². The lowest BCUT2D eigenvalue weighted by Crippen LogP contribution is -2.35. The molecule has 168 valence electrons. The second-order valence-corrected chi connectivity index (χ2v) is 9.02. The van der Waals surface area contributed by atoms with Crippen LogP contribution in [0.15, 0.2) is 56.5 Å². The van der Waals surface area contributed by atoms with Crippen molar-refractivity contribution in [3.63, 3.8) is 0 Å². The largest absolute Gasteiger partial charge is 0.465 e. The number of hydrogen-bond acceptors (Lipinski definition) is 7. The highest BCUT2D eigenvalue weighted by atomic mass is 32.2. The number of methoxy groups -OCH3 is 1. The van der Waals surface area contributed by atoms with Crippen LogP contribution in [0.5, 0.6) is 0 Å². The van der Waals surface area contributed by atoms with Crippen molar-refractivity contribution < 1.29 is 18.7 Å². The van der Waals surface area contributed by atoms with E-state index in [9.17, 15) is 9.59 Å². The molecule has 3 aliphatic rings. The number of rotatable bonds is 4. The molecule has 0 unspecified atom stereocenters. The quantitative estimate of drug-likeness (QED) is 0.510.